The molecular weight excluding hydrogens is 386 g/mol. The molecule has 0 saturated heterocycles. The van der Waals surface area contributed by atoms with Crippen LogP contribution in [-0.2, 0) is 0 Å². The fourth-order valence-corrected chi connectivity index (χ4v) is 0. The summed E-state index contributed by atoms with van der Waals surface area (Å²) in [4.78, 5) is 0. The van der Waals surface area contributed by atoms with Crippen LogP contribution in [0.5, 0.6) is 0 Å². The Morgan fingerprint density at radius 2 is 2.00 bits per heavy atom. The number of rotatable bonds is 1. The van der Waals surface area contributed by atoms with E-state index in [1.165, 1.54) is 0 Å². The Labute approximate surface area is 78.7 Å². The molecule has 44 valence electrons. The topological polar surface area (TPSA) is 20.2 Å². The Kier molecular flexibility index (Phi) is 4.02. The van der Waals surface area contributed by atoms with Gasteiger partial charge in [-0.05, 0) is 29.5 Å². The van der Waals surface area contributed by atoms with Crippen molar-refractivity contribution in [1.82, 2.24) is 0 Å². The lowest BCUT2D eigenvalue weighted by molar-refractivity contribution is 0.200. The molecule has 0 radical (unpaired) electrons. The van der Waals surface area contributed by atoms with Crippen LogP contribution in [0.1, 0.15) is 6.92 Å². The molecule has 0 bridgehead atoms. The Balaban J connectivity index is 3.54. The zero-order valence-corrected chi connectivity index (χ0v) is 9.56. The summed E-state index contributed by atoms with van der Waals surface area (Å²) in [6, 6.07) is 0. The van der Waals surface area contributed by atoms with Crippen LogP contribution in [0, 0.1) is 0 Å². The normalized spacial score (nSPS) is 23.6. The summed E-state index contributed by atoms with van der Waals surface area (Å²) in [5.41, 5.74) is 0. The third-order valence-corrected chi connectivity index (χ3v) is 5.17. The van der Waals surface area contributed by atoms with Crippen molar-refractivity contribution in [2.45, 2.75) is 13.4 Å². The average Bonchev–Trinajstić information content (AvgIpc) is 1.31. The third kappa shape index (κ3) is 4.41. The summed E-state index contributed by atoms with van der Waals surface area (Å²) in [6.07, 6.45) is 0. The van der Waals surface area contributed by atoms with Gasteiger partial charge in [-0.25, -0.2) is 0 Å². The maximum Gasteiger partial charge on any atom is 0.134 e. The van der Waals surface area contributed by atoms with Crippen molar-refractivity contribution in [2.75, 3.05) is 0 Å². The number of aliphatic hydroxyl groups is 1. The Morgan fingerprint density at radius 1 is 1.86 bits per heavy atom. The first-order chi connectivity index (χ1) is 2.94. The maximum absolute atomic E-state index is 9.03. The molecule has 0 spiro atoms. The molecule has 0 aromatic rings. The van der Waals surface area contributed by atoms with Crippen molar-refractivity contribution in [3.05, 3.63) is 0 Å². The van der Waals surface area contributed by atoms with Gasteiger partial charge in [-0.3, -0.25) is 0 Å². The van der Waals surface area contributed by atoms with Crippen LogP contribution in [0.4, 0.5) is 0 Å². The van der Waals surface area contributed by atoms with E-state index in [0.29, 0.717) is 0 Å². The Hall–Kier alpha value is 1.90. The van der Waals surface area contributed by atoms with E-state index in [-0.39, 0.29) is 2.83 Å². The highest BCUT2D eigenvalue weighted by Crippen LogP contribution is 2.29. The smallest absolute Gasteiger partial charge is 0.134 e. The molecule has 4 heteroatoms. The Bertz CT molecular complexity index is 58.4. The molecule has 2 unspecified atom stereocenters. The van der Waals surface area contributed by atoms with Crippen LogP contribution < -0.4 is 0 Å². The lowest BCUT2D eigenvalue weighted by Crippen LogP contribution is -2.21. The van der Waals surface area contributed by atoms with Gasteiger partial charge >= 0.3 is 0 Å². The second-order valence-corrected chi connectivity index (χ2v) is 7.38. The lowest BCUT2D eigenvalue weighted by atomic mass is 10.5. The van der Waals surface area contributed by atoms with Crippen molar-refractivity contribution in [2.24, 2.45) is 0 Å². The zero-order valence-electron chi connectivity index (χ0n) is 3.66. The van der Waals surface area contributed by atoms with Gasteiger partial charge in [0.2, 0.25) is 0 Å². The van der Waals surface area contributed by atoms with Crippen molar-refractivity contribution in [1.29, 1.82) is 0 Å². The summed E-state index contributed by atoms with van der Waals surface area (Å²) in [5.74, 6) is 0. The molecule has 0 aromatic carbocycles. The minimum Gasteiger partial charge on any atom is -0.378 e. The molecule has 1 N–H and O–H groups in total. The third-order valence-electron chi connectivity index (χ3n) is 0.398. The van der Waals surface area contributed by atoms with Gasteiger partial charge in [0.1, 0.15) is 6.44 Å². The SMILES string of the molecule is CC(O)(I)C(Br)I. The van der Waals surface area contributed by atoms with Gasteiger partial charge in [0.05, 0.1) is 0 Å². The van der Waals surface area contributed by atoms with E-state index in [1.807, 2.05) is 22.6 Å². The highest BCUT2D eigenvalue weighted by atomic mass is 127. The van der Waals surface area contributed by atoms with E-state index in [9.17, 15) is 0 Å². The second kappa shape index (κ2) is 3.17. The van der Waals surface area contributed by atoms with Crippen molar-refractivity contribution >= 4 is 61.1 Å². The second-order valence-electron chi connectivity index (χ2n) is 1.32. The molecule has 0 heterocycles. The van der Waals surface area contributed by atoms with Gasteiger partial charge in [0.15, 0.2) is 0 Å². The largest absolute Gasteiger partial charge is 0.378 e. The molecule has 0 aliphatic heterocycles. The first-order valence-corrected chi connectivity index (χ1v) is 4.88. The van der Waals surface area contributed by atoms with E-state index in [2.05, 4.69) is 38.5 Å². The van der Waals surface area contributed by atoms with Crippen molar-refractivity contribution in [3.63, 3.8) is 0 Å². The summed E-state index contributed by atoms with van der Waals surface area (Å²) in [6.45, 7) is 1.75. The van der Waals surface area contributed by atoms with E-state index < -0.39 is 3.61 Å². The van der Waals surface area contributed by atoms with Crippen LogP contribution in [0.15, 0.2) is 0 Å². The first-order valence-electron chi connectivity index (χ1n) is 1.64. The highest BCUT2D eigenvalue weighted by molar-refractivity contribution is 14.1. The lowest BCUT2D eigenvalue weighted by Gasteiger charge is -2.15. The van der Waals surface area contributed by atoms with E-state index in [0.717, 1.165) is 0 Å². The van der Waals surface area contributed by atoms with E-state index in [4.69, 9.17) is 5.11 Å². The molecule has 0 amide bonds. The number of halogens is 3. The monoisotopic (exact) mass is 390 g/mol. The average molecular weight is 391 g/mol. The van der Waals surface area contributed by atoms with Gasteiger partial charge in [-0.2, -0.15) is 0 Å². The van der Waals surface area contributed by atoms with Crippen LogP contribution in [0.25, 0.3) is 0 Å². The van der Waals surface area contributed by atoms with E-state index >= 15 is 0 Å². The molecular formula is C3H5BrI2O. The fraction of sp³-hybridized carbons (Fsp3) is 1.00. The fourth-order valence-electron chi connectivity index (χ4n) is 0. The van der Waals surface area contributed by atoms with Gasteiger partial charge in [-0.1, -0.05) is 38.5 Å². The van der Waals surface area contributed by atoms with Crippen LogP contribution >= 0.6 is 61.1 Å². The van der Waals surface area contributed by atoms with Crippen molar-refractivity contribution in [3.8, 4) is 0 Å². The number of alkyl halides is 3. The summed E-state index contributed by atoms with van der Waals surface area (Å²) in [7, 11) is 0. The van der Waals surface area contributed by atoms with Crippen LogP contribution in [-0.4, -0.2) is 11.5 Å². The van der Waals surface area contributed by atoms with Crippen LogP contribution in [0.2, 0.25) is 0 Å². The van der Waals surface area contributed by atoms with Gasteiger partial charge in [0.25, 0.3) is 0 Å². The summed E-state index contributed by atoms with van der Waals surface area (Å²) in [5, 5.41) is 9.03. The van der Waals surface area contributed by atoms with Crippen molar-refractivity contribution < 1.29 is 5.11 Å². The molecule has 0 fully saturated rings. The number of hydrogen-bond donors (Lipinski definition) is 1. The summed E-state index contributed by atoms with van der Waals surface area (Å²) < 4.78 is -0.503. The molecule has 0 aliphatic carbocycles. The quantitative estimate of drug-likeness (QED) is 0.538. The Morgan fingerprint density at radius 3 is 2.00 bits per heavy atom. The predicted octanol–water partition coefficient (Wildman–Crippen LogP) is 2.29. The molecule has 0 aromatic heterocycles. The highest BCUT2D eigenvalue weighted by Gasteiger charge is 2.22. The number of hydrogen-bond acceptors (Lipinski definition) is 1. The zero-order chi connectivity index (χ0) is 6.08. The van der Waals surface area contributed by atoms with E-state index in [1.54, 1.807) is 6.92 Å². The molecule has 2 atom stereocenters. The molecule has 0 saturated carbocycles. The molecule has 0 aliphatic rings. The van der Waals surface area contributed by atoms with Crippen LogP contribution in [0.3, 0.4) is 0 Å². The molecule has 0 rings (SSSR count). The van der Waals surface area contributed by atoms with Gasteiger partial charge in [0, 0.05) is 0 Å². The first kappa shape index (κ1) is 8.90. The minimum absolute atomic E-state index is 0.123. The standard InChI is InChI=1S/C3H5BrI2O/c1-3(6,7)2(4)5/h2,7H,1H3. The maximum atomic E-state index is 9.03. The minimum atomic E-state index is -0.627. The summed E-state index contributed by atoms with van der Waals surface area (Å²) >= 11 is 7.30. The molecule has 7 heavy (non-hydrogen) atoms. The molecule has 1 nitrogen and oxygen atoms in total. The van der Waals surface area contributed by atoms with Gasteiger partial charge < -0.3 is 5.11 Å². The van der Waals surface area contributed by atoms with Gasteiger partial charge in [-0.15, -0.1) is 0 Å². The predicted molar refractivity (Wildman–Crippen MR) is 51.4 cm³/mol.